The van der Waals surface area contributed by atoms with Crippen LogP contribution in [0.25, 0.3) is 10.9 Å². The predicted molar refractivity (Wildman–Crippen MR) is 116 cm³/mol. The van der Waals surface area contributed by atoms with Crippen molar-refractivity contribution in [2.45, 2.75) is 25.5 Å². The predicted octanol–water partition coefficient (Wildman–Crippen LogP) is 3.54. The van der Waals surface area contributed by atoms with Crippen molar-refractivity contribution in [2.24, 2.45) is 0 Å². The molecule has 0 radical (unpaired) electrons. The average molecular weight is 418 g/mol. The van der Waals surface area contributed by atoms with E-state index in [1.165, 1.54) is 0 Å². The summed E-state index contributed by atoms with van der Waals surface area (Å²) in [6.45, 7) is 0.754. The topological polar surface area (TPSA) is 105 Å². The molecule has 1 aliphatic heterocycles. The van der Waals surface area contributed by atoms with Crippen molar-refractivity contribution >= 4 is 34.2 Å². The van der Waals surface area contributed by atoms with Crippen LogP contribution in [0.2, 0.25) is 0 Å². The monoisotopic (exact) mass is 418 g/mol. The second-order valence-corrected chi connectivity index (χ2v) is 7.21. The number of benzene rings is 2. The Bertz CT molecular complexity index is 1170. The fourth-order valence-electron chi connectivity index (χ4n) is 3.68. The van der Waals surface area contributed by atoms with E-state index in [2.05, 4.69) is 21.7 Å². The number of fused-ring (bicyclic) bond motifs is 1. The van der Waals surface area contributed by atoms with E-state index < -0.39 is 5.97 Å². The van der Waals surface area contributed by atoms with Crippen LogP contribution in [-0.2, 0) is 4.74 Å². The minimum absolute atomic E-state index is 0.00946. The van der Waals surface area contributed by atoms with E-state index in [4.69, 9.17) is 11.2 Å². The largest absolute Gasteiger partial charge is 0.476 e. The molecule has 4 rings (SSSR count). The lowest BCUT2D eigenvalue weighted by Gasteiger charge is -2.23. The number of carboxylic acid groups (broad SMARTS) is 1. The Labute approximate surface area is 179 Å². The molecule has 8 nitrogen and oxygen atoms in total. The van der Waals surface area contributed by atoms with Crippen LogP contribution < -0.4 is 10.6 Å². The molecule has 31 heavy (non-hydrogen) atoms. The molecular formula is C23H22N4O4. The molecule has 1 fully saturated rings. The number of aromatic nitrogens is 2. The zero-order chi connectivity index (χ0) is 21.8. The number of amides is 1. The van der Waals surface area contributed by atoms with Crippen LogP contribution in [-0.4, -0.2) is 39.9 Å². The summed E-state index contributed by atoms with van der Waals surface area (Å²) in [6.07, 6.45) is 7.66. The normalized spacial score (nSPS) is 15.9. The first-order valence-electron chi connectivity index (χ1n) is 10.0. The summed E-state index contributed by atoms with van der Waals surface area (Å²) in [5.74, 6) is 1.02. The maximum atomic E-state index is 12.4. The number of carboxylic acids is 1. The summed E-state index contributed by atoms with van der Waals surface area (Å²) in [5.41, 5.74) is 2.40. The Morgan fingerprint density at radius 1 is 1.26 bits per heavy atom. The highest BCUT2D eigenvalue weighted by molar-refractivity contribution is 6.03. The molecule has 8 heteroatoms. The van der Waals surface area contributed by atoms with E-state index in [1.54, 1.807) is 35.0 Å². The first-order chi connectivity index (χ1) is 15.1. The van der Waals surface area contributed by atoms with E-state index >= 15 is 0 Å². The molecule has 1 aromatic heterocycles. The maximum absolute atomic E-state index is 12.4. The molecule has 3 aromatic rings. The number of terminal acetylenes is 1. The van der Waals surface area contributed by atoms with Crippen LogP contribution in [0.5, 0.6) is 0 Å². The number of carbonyl (C=O) groups is 2. The van der Waals surface area contributed by atoms with Crippen LogP contribution in [0, 0.1) is 12.3 Å². The van der Waals surface area contributed by atoms with E-state index in [1.807, 2.05) is 12.1 Å². The second kappa shape index (κ2) is 8.90. The number of carbonyl (C=O) groups excluding carboxylic acids is 1. The number of hydrogen-bond acceptors (Lipinski definition) is 5. The third kappa shape index (κ3) is 4.22. The first-order valence-corrected chi connectivity index (χ1v) is 10.0. The average Bonchev–Trinajstić information content (AvgIpc) is 3.17. The smallest absolute Gasteiger partial charge is 0.357 e. The molecule has 2 aromatic carbocycles. The molecule has 0 saturated carbocycles. The minimum Gasteiger partial charge on any atom is -0.476 e. The van der Waals surface area contributed by atoms with Crippen LogP contribution >= 0.6 is 0 Å². The molecule has 1 aliphatic rings. The Morgan fingerprint density at radius 3 is 2.84 bits per heavy atom. The number of anilines is 2. The van der Waals surface area contributed by atoms with Crippen molar-refractivity contribution in [3.63, 3.8) is 0 Å². The summed E-state index contributed by atoms with van der Waals surface area (Å²) in [4.78, 5) is 24.1. The van der Waals surface area contributed by atoms with E-state index in [0.717, 1.165) is 19.3 Å². The van der Waals surface area contributed by atoms with Gasteiger partial charge < -0.3 is 20.5 Å². The van der Waals surface area contributed by atoms with Gasteiger partial charge in [0.15, 0.2) is 11.9 Å². The number of nitrogens with zero attached hydrogens (tertiary/aromatic N) is 2. The quantitative estimate of drug-likeness (QED) is 0.529. The van der Waals surface area contributed by atoms with E-state index in [-0.39, 0.29) is 24.4 Å². The Morgan fingerprint density at radius 2 is 2.10 bits per heavy atom. The highest BCUT2D eigenvalue weighted by atomic mass is 16.5. The number of nitrogens with one attached hydrogen (secondary N) is 2. The number of para-hydroxylation sites is 1. The van der Waals surface area contributed by atoms with Gasteiger partial charge in [-0.1, -0.05) is 18.1 Å². The van der Waals surface area contributed by atoms with Gasteiger partial charge in [-0.2, -0.15) is 5.10 Å². The number of ether oxygens (including phenoxy) is 1. The highest BCUT2D eigenvalue weighted by Crippen LogP contribution is 2.31. The van der Waals surface area contributed by atoms with Gasteiger partial charge in [0.05, 0.1) is 23.3 Å². The second-order valence-electron chi connectivity index (χ2n) is 7.21. The molecule has 0 spiro atoms. The van der Waals surface area contributed by atoms with Crippen molar-refractivity contribution in [1.29, 1.82) is 0 Å². The molecule has 1 unspecified atom stereocenters. The zero-order valence-corrected chi connectivity index (χ0v) is 16.8. The van der Waals surface area contributed by atoms with Crippen molar-refractivity contribution in [3.05, 3.63) is 53.7 Å². The fraction of sp³-hybridized carbons (Fsp3) is 0.261. The summed E-state index contributed by atoms with van der Waals surface area (Å²) >= 11 is 0. The standard InChI is InChI=1S/C23H22N4O4/c1-2-12-24-22(28)16-7-3-4-8-18(16)25-15-10-11-17-19(14-15)27(26-21(17)23(29)30)20-9-5-6-13-31-20/h1,3-4,7-8,10-11,14,20,25H,5-6,9,12-13H2,(H,24,28)(H,29,30). The maximum Gasteiger partial charge on any atom is 0.357 e. The fourth-order valence-corrected chi connectivity index (χ4v) is 3.68. The highest BCUT2D eigenvalue weighted by Gasteiger charge is 2.24. The minimum atomic E-state index is -1.09. The summed E-state index contributed by atoms with van der Waals surface area (Å²) in [5, 5.41) is 20.3. The van der Waals surface area contributed by atoms with Crippen molar-refractivity contribution < 1.29 is 19.4 Å². The molecule has 1 atom stereocenters. The Balaban J connectivity index is 1.71. The van der Waals surface area contributed by atoms with Gasteiger partial charge in [-0.25, -0.2) is 9.48 Å². The molecular weight excluding hydrogens is 396 g/mol. The van der Waals surface area contributed by atoms with Gasteiger partial charge in [0, 0.05) is 17.7 Å². The zero-order valence-electron chi connectivity index (χ0n) is 16.8. The lowest BCUT2D eigenvalue weighted by atomic mass is 10.1. The molecule has 1 amide bonds. The third-order valence-electron chi connectivity index (χ3n) is 5.14. The van der Waals surface area contributed by atoms with Crippen LogP contribution in [0.4, 0.5) is 11.4 Å². The van der Waals surface area contributed by atoms with Gasteiger partial charge in [0.25, 0.3) is 5.91 Å². The number of rotatable bonds is 6. The molecule has 0 aliphatic carbocycles. The van der Waals surface area contributed by atoms with Gasteiger partial charge in [0.1, 0.15) is 0 Å². The molecule has 3 N–H and O–H groups in total. The Kier molecular flexibility index (Phi) is 5.87. The van der Waals surface area contributed by atoms with E-state index in [0.29, 0.717) is 34.4 Å². The third-order valence-corrected chi connectivity index (χ3v) is 5.14. The molecule has 0 bridgehead atoms. The number of hydrogen-bond donors (Lipinski definition) is 3. The van der Waals surface area contributed by atoms with E-state index in [9.17, 15) is 14.7 Å². The Hall–Kier alpha value is -3.83. The molecule has 2 heterocycles. The first kappa shape index (κ1) is 20.4. The van der Waals surface area contributed by atoms with Crippen molar-refractivity contribution in [1.82, 2.24) is 15.1 Å². The van der Waals surface area contributed by atoms with Crippen molar-refractivity contribution in [3.8, 4) is 12.3 Å². The van der Waals surface area contributed by atoms with Gasteiger partial charge in [-0.05, 0) is 49.6 Å². The van der Waals surface area contributed by atoms with Gasteiger partial charge in [0.2, 0.25) is 0 Å². The SMILES string of the molecule is C#CCNC(=O)c1ccccc1Nc1ccc2c(C(=O)O)nn(C3CCCCO3)c2c1. The van der Waals surface area contributed by atoms with Gasteiger partial charge >= 0.3 is 5.97 Å². The van der Waals surface area contributed by atoms with Gasteiger partial charge in [-0.3, -0.25) is 4.79 Å². The lowest BCUT2D eigenvalue weighted by molar-refractivity contribution is -0.0368. The molecule has 1 saturated heterocycles. The summed E-state index contributed by atoms with van der Waals surface area (Å²) in [6, 6.07) is 12.4. The summed E-state index contributed by atoms with van der Waals surface area (Å²) in [7, 11) is 0. The van der Waals surface area contributed by atoms with Crippen LogP contribution in [0.1, 0.15) is 46.3 Å². The molecule has 158 valence electrons. The van der Waals surface area contributed by atoms with Crippen molar-refractivity contribution in [2.75, 3.05) is 18.5 Å². The van der Waals surface area contributed by atoms with Crippen LogP contribution in [0.15, 0.2) is 42.5 Å². The van der Waals surface area contributed by atoms with Crippen LogP contribution in [0.3, 0.4) is 0 Å². The summed E-state index contributed by atoms with van der Waals surface area (Å²) < 4.78 is 7.48. The number of aromatic carboxylic acids is 1. The lowest BCUT2D eigenvalue weighted by Crippen LogP contribution is -2.24. The van der Waals surface area contributed by atoms with Gasteiger partial charge in [-0.15, -0.1) is 6.42 Å².